The summed E-state index contributed by atoms with van der Waals surface area (Å²) in [6.45, 7) is -0.316. The molecular formula is C8H10FN. The van der Waals surface area contributed by atoms with Crippen molar-refractivity contribution in [3.63, 3.8) is 0 Å². The van der Waals surface area contributed by atoms with Crippen LogP contribution in [0.3, 0.4) is 0 Å². The van der Waals surface area contributed by atoms with Gasteiger partial charge >= 0.3 is 0 Å². The summed E-state index contributed by atoms with van der Waals surface area (Å²) in [6, 6.07) is 3.98. The van der Waals surface area contributed by atoms with Crippen molar-refractivity contribution in [2.45, 2.75) is 13.4 Å². The van der Waals surface area contributed by atoms with E-state index >= 15 is 0 Å². The van der Waals surface area contributed by atoms with Crippen LogP contribution in [0.4, 0.5) is 4.39 Å². The van der Waals surface area contributed by atoms with E-state index in [1.807, 2.05) is 0 Å². The number of nitrogens with two attached hydrogens (primary N) is 1. The van der Waals surface area contributed by atoms with E-state index in [0.717, 1.165) is 0 Å². The first-order chi connectivity index (χ1) is 5.41. The Balaban J connectivity index is 3.14. The van der Waals surface area contributed by atoms with Gasteiger partial charge in [0.05, 0.1) is 0 Å². The summed E-state index contributed by atoms with van der Waals surface area (Å²) >= 11 is 0. The maximum atomic E-state index is 12.7. The Morgan fingerprint density at radius 3 is 2.90 bits per heavy atom. The van der Waals surface area contributed by atoms with Crippen LogP contribution in [-0.4, -0.2) is 0 Å². The molecule has 54 valence electrons. The lowest BCUT2D eigenvalue weighted by molar-refractivity contribution is 0.617. The van der Waals surface area contributed by atoms with Crippen molar-refractivity contribution in [1.29, 1.82) is 0 Å². The van der Waals surface area contributed by atoms with Crippen LogP contribution in [0.5, 0.6) is 0 Å². The van der Waals surface area contributed by atoms with E-state index in [4.69, 9.17) is 8.48 Å². The highest BCUT2D eigenvalue weighted by Gasteiger charge is 1.95. The summed E-state index contributed by atoms with van der Waals surface area (Å²) in [6.07, 6.45) is 0. The van der Waals surface area contributed by atoms with Gasteiger partial charge in [-0.2, -0.15) is 0 Å². The lowest BCUT2D eigenvalue weighted by Gasteiger charge is -1.98. The highest BCUT2D eigenvalue weighted by Crippen LogP contribution is 2.07. The van der Waals surface area contributed by atoms with Crippen LogP contribution in [0.1, 0.15) is 13.9 Å². The van der Waals surface area contributed by atoms with Gasteiger partial charge in [-0.05, 0) is 24.1 Å². The van der Waals surface area contributed by atoms with Crippen LogP contribution < -0.4 is 5.73 Å². The molecule has 2 heteroatoms. The fourth-order valence-corrected chi connectivity index (χ4v) is 0.734. The number of halogens is 1. The Bertz CT molecular complexity index is 294. The van der Waals surface area contributed by atoms with Gasteiger partial charge in [-0.25, -0.2) is 4.39 Å². The summed E-state index contributed by atoms with van der Waals surface area (Å²) in [5.74, 6) is -0.344. The Hall–Kier alpha value is -0.890. The molecule has 0 atom stereocenters. The lowest BCUT2D eigenvalue weighted by Crippen LogP contribution is -1.96. The molecule has 0 amide bonds. The molecule has 0 aliphatic heterocycles. The van der Waals surface area contributed by atoms with Gasteiger partial charge in [-0.3, -0.25) is 0 Å². The topological polar surface area (TPSA) is 26.0 Å². The molecule has 0 spiro atoms. The van der Waals surface area contributed by atoms with Crippen molar-refractivity contribution in [2.24, 2.45) is 5.73 Å². The molecule has 1 rings (SSSR count). The molecular weight excluding hydrogens is 129 g/mol. The van der Waals surface area contributed by atoms with Crippen LogP contribution >= 0.6 is 0 Å². The van der Waals surface area contributed by atoms with Crippen molar-refractivity contribution in [3.8, 4) is 0 Å². The summed E-state index contributed by atoms with van der Waals surface area (Å²) in [7, 11) is 0. The molecule has 0 bridgehead atoms. The highest BCUT2D eigenvalue weighted by molar-refractivity contribution is 5.23. The van der Waals surface area contributed by atoms with E-state index in [9.17, 15) is 4.39 Å². The standard InChI is InChI=1S/C8H10FN/c1-6-4-7(5-10)2-3-8(6)9/h2-4H,5,10H2,1H3/i5D2. The second kappa shape index (κ2) is 2.80. The zero-order valence-corrected chi connectivity index (χ0v) is 5.69. The van der Waals surface area contributed by atoms with Gasteiger partial charge in [0.2, 0.25) is 0 Å². The molecule has 0 saturated heterocycles. The Morgan fingerprint density at radius 2 is 2.40 bits per heavy atom. The second-order valence-corrected chi connectivity index (χ2v) is 2.11. The Kier molecular flexibility index (Phi) is 1.36. The van der Waals surface area contributed by atoms with Crippen LogP contribution in [0.15, 0.2) is 18.2 Å². The van der Waals surface area contributed by atoms with Crippen molar-refractivity contribution < 1.29 is 7.13 Å². The second-order valence-electron chi connectivity index (χ2n) is 2.11. The summed E-state index contributed by atoms with van der Waals surface area (Å²) in [5, 5.41) is 0. The Labute approximate surface area is 62.5 Å². The maximum absolute atomic E-state index is 12.7. The summed E-state index contributed by atoms with van der Waals surface area (Å²) in [4.78, 5) is 0. The third-order valence-electron chi connectivity index (χ3n) is 1.32. The minimum absolute atomic E-state index is 0.293. The van der Waals surface area contributed by atoms with E-state index < -0.39 is 6.50 Å². The number of rotatable bonds is 1. The fourth-order valence-electron chi connectivity index (χ4n) is 0.734. The van der Waals surface area contributed by atoms with Crippen molar-refractivity contribution in [3.05, 3.63) is 35.1 Å². The Morgan fingerprint density at radius 1 is 1.70 bits per heavy atom. The molecule has 0 heterocycles. The zero-order chi connectivity index (χ0) is 9.35. The molecule has 2 N–H and O–H groups in total. The van der Waals surface area contributed by atoms with Crippen LogP contribution in [0.2, 0.25) is 0 Å². The molecule has 0 aromatic heterocycles. The number of hydrogen-bond donors (Lipinski definition) is 1. The fraction of sp³-hybridized carbons (Fsp3) is 0.250. The molecule has 1 aromatic rings. The monoisotopic (exact) mass is 141 g/mol. The third kappa shape index (κ3) is 1.33. The van der Waals surface area contributed by atoms with Gasteiger partial charge in [0.25, 0.3) is 0 Å². The molecule has 0 radical (unpaired) electrons. The van der Waals surface area contributed by atoms with E-state index in [2.05, 4.69) is 0 Å². The molecule has 0 aliphatic rings. The first-order valence-corrected chi connectivity index (χ1v) is 2.97. The van der Waals surface area contributed by atoms with E-state index in [0.29, 0.717) is 11.1 Å². The van der Waals surface area contributed by atoms with E-state index in [1.165, 1.54) is 18.2 Å². The molecule has 10 heavy (non-hydrogen) atoms. The molecule has 0 fully saturated rings. The number of benzene rings is 1. The first-order valence-electron chi connectivity index (χ1n) is 3.97. The minimum atomic E-state index is -1.89. The average Bonchev–Trinajstić information content (AvgIpc) is 1.92. The van der Waals surface area contributed by atoms with Gasteiger partial charge in [-0.1, -0.05) is 12.1 Å². The average molecular weight is 141 g/mol. The third-order valence-corrected chi connectivity index (χ3v) is 1.32. The first kappa shape index (κ1) is 4.85. The molecule has 1 nitrogen and oxygen atoms in total. The van der Waals surface area contributed by atoms with Crippen LogP contribution in [-0.2, 0) is 6.50 Å². The highest BCUT2D eigenvalue weighted by atomic mass is 19.1. The normalized spacial score (nSPS) is 14.3. The molecule has 0 aliphatic carbocycles. The molecule has 0 saturated carbocycles. The smallest absolute Gasteiger partial charge is 0.126 e. The van der Waals surface area contributed by atoms with Crippen molar-refractivity contribution >= 4 is 0 Å². The van der Waals surface area contributed by atoms with Gasteiger partial charge in [0.15, 0.2) is 0 Å². The number of hydrogen-bond acceptors (Lipinski definition) is 1. The maximum Gasteiger partial charge on any atom is 0.126 e. The van der Waals surface area contributed by atoms with Crippen molar-refractivity contribution in [1.82, 2.24) is 0 Å². The SMILES string of the molecule is [2H]C([2H])(N)c1ccc(F)c(C)c1. The van der Waals surface area contributed by atoms with E-state index in [-0.39, 0.29) is 5.82 Å². The van der Waals surface area contributed by atoms with Gasteiger partial charge in [0, 0.05) is 9.24 Å². The van der Waals surface area contributed by atoms with E-state index in [1.54, 1.807) is 6.92 Å². The summed E-state index contributed by atoms with van der Waals surface area (Å²) < 4.78 is 27.0. The lowest BCUT2D eigenvalue weighted by atomic mass is 10.1. The van der Waals surface area contributed by atoms with Crippen molar-refractivity contribution in [2.75, 3.05) is 0 Å². The zero-order valence-electron chi connectivity index (χ0n) is 7.69. The number of aryl methyl sites for hydroxylation is 1. The summed E-state index contributed by atoms with van der Waals surface area (Å²) in [5.41, 5.74) is 5.88. The van der Waals surface area contributed by atoms with Gasteiger partial charge in [-0.15, -0.1) is 0 Å². The predicted molar refractivity (Wildman–Crippen MR) is 39.0 cm³/mol. The molecule has 1 aromatic carbocycles. The largest absolute Gasteiger partial charge is 0.326 e. The van der Waals surface area contributed by atoms with Gasteiger partial charge in [0.1, 0.15) is 5.82 Å². The van der Waals surface area contributed by atoms with Crippen LogP contribution in [0.25, 0.3) is 0 Å². The van der Waals surface area contributed by atoms with Gasteiger partial charge < -0.3 is 5.73 Å². The minimum Gasteiger partial charge on any atom is -0.326 e. The van der Waals surface area contributed by atoms with Crippen LogP contribution in [0, 0.1) is 12.7 Å². The quantitative estimate of drug-likeness (QED) is 0.631. The predicted octanol–water partition coefficient (Wildman–Crippen LogP) is 1.59. The molecule has 0 unspecified atom stereocenters.